The van der Waals surface area contributed by atoms with Crippen molar-refractivity contribution in [2.75, 3.05) is 0 Å². The van der Waals surface area contributed by atoms with Gasteiger partial charge in [-0.15, -0.1) is 0 Å². The average Bonchev–Trinajstić information content (AvgIpc) is 2.21. The van der Waals surface area contributed by atoms with E-state index in [0.717, 1.165) is 5.56 Å². The summed E-state index contributed by atoms with van der Waals surface area (Å²) in [7, 11) is 0. The zero-order valence-corrected chi connectivity index (χ0v) is 9.08. The van der Waals surface area contributed by atoms with E-state index in [1.165, 1.54) is 0 Å². The Morgan fingerprint density at radius 1 is 1.53 bits per heavy atom. The van der Waals surface area contributed by atoms with Crippen LogP contribution in [0.1, 0.15) is 18.9 Å². The van der Waals surface area contributed by atoms with Crippen molar-refractivity contribution in [1.82, 2.24) is 5.43 Å². The van der Waals surface area contributed by atoms with Gasteiger partial charge in [-0.1, -0.05) is 36.7 Å². The Labute approximate surface area is 93.1 Å². The largest absolute Gasteiger partial charge is 0.350 e. The lowest BCUT2D eigenvalue weighted by molar-refractivity contribution is 0.249. The van der Waals surface area contributed by atoms with E-state index < -0.39 is 6.03 Å². The minimum Gasteiger partial charge on any atom is -0.350 e. The number of amides is 2. The monoisotopic (exact) mass is 225 g/mol. The second-order valence-electron chi connectivity index (χ2n) is 2.87. The van der Waals surface area contributed by atoms with Gasteiger partial charge in [0.15, 0.2) is 0 Å². The molecule has 0 fully saturated rings. The summed E-state index contributed by atoms with van der Waals surface area (Å²) in [6.07, 6.45) is 0.657. The van der Waals surface area contributed by atoms with Crippen LogP contribution in [0.5, 0.6) is 0 Å². The molecule has 0 unspecified atom stereocenters. The highest BCUT2D eigenvalue weighted by Gasteiger charge is 2.05. The molecule has 0 aliphatic carbocycles. The standard InChI is InChI=1S/C10H12ClN3O/c1-2-9(13-14-10(12)15)7-5-3-4-6-8(7)11/h3-6H,2H2,1H3,(H3,12,14,15). The van der Waals surface area contributed by atoms with Crippen molar-refractivity contribution in [3.8, 4) is 0 Å². The first-order valence-electron chi connectivity index (χ1n) is 4.52. The van der Waals surface area contributed by atoms with Crippen LogP contribution in [0.3, 0.4) is 0 Å². The summed E-state index contributed by atoms with van der Waals surface area (Å²) in [6, 6.07) is 6.62. The lowest BCUT2D eigenvalue weighted by atomic mass is 10.1. The van der Waals surface area contributed by atoms with Crippen LogP contribution < -0.4 is 11.2 Å². The highest BCUT2D eigenvalue weighted by atomic mass is 35.5. The second-order valence-corrected chi connectivity index (χ2v) is 3.28. The third kappa shape index (κ3) is 3.25. The van der Waals surface area contributed by atoms with E-state index in [0.29, 0.717) is 17.2 Å². The molecule has 0 spiro atoms. The van der Waals surface area contributed by atoms with Crippen molar-refractivity contribution in [3.63, 3.8) is 0 Å². The molecule has 0 saturated carbocycles. The molecule has 1 aromatic rings. The lowest BCUT2D eigenvalue weighted by Crippen LogP contribution is -2.26. The lowest BCUT2D eigenvalue weighted by Gasteiger charge is -2.05. The molecule has 1 aromatic carbocycles. The molecule has 0 aliphatic rings. The number of nitrogens with zero attached hydrogens (tertiary/aromatic N) is 1. The molecule has 4 nitrogen and oxygen atoms in total. The Morgan fingerprint density at radius 2 is 2.20 bits per heavy atom. The molecular weight excluding hydrogens is 214 g/mol. The average molecular weight is 226 g/mol. The fourth-order valence-corrected chi connectivity index (χ4v) is 1.39. The number of urea groups is 1. The quantitative estimate of drug-likeness (QED) is 0.601. The van der Waals surface area contributed by atoms with Crippen molar-refractivity contribution >= 4 is 23.3 Å². The van der Waals surface area contributed by atoms with Gasteiger partial charge in [0.1, 0.15) is 0 Å². The number of benzene rings is 1. The molecule has 0 radical (unpaired) electrons. The maximum Gasteiger partial charge on any atom is 0.332 e. The van der Waals surface area contributed by atoms with Gasteiger partial charge in [0.05, 0.1) is 5.71 Å². The minimum absolute atomic E-state index is 0.601. The third-order valence-corrected chi connectivity index (χ3v) is 2.15. The number of nitrogens with one attached hydrogen (secondary N) is 1. The number of carbonyl (C=O) groups is 1. The SMILES string of the molecule is CCC(=NNC(N)=O)c1ccccc1Cl. The summed E-state index contributed by atoms with van der Waals surface area (Å²) >= 11 is 5.99. The summed E-state index contributed by atoms with van der Waals surface area (Å²) in [5, 5.41) is 4.48. The molecule has 0 aromatic heterocycles. The van der Waals surface area contributed by atoms with Gasteiger partial charge in [0.25, 0.3) is 0 Å². The molecule has 0 atom stereocenters. The van der Waals surface area contributed by atoms with Crippen molar-refractivity contribution in [3.05, 3.63) is 34.9 Å². The van der Waals surface area contributed by atoms with Gasteiger partial charge in [-0.05, 0) is 12.5 Å². The first-order chi connectivity index (χ1) is 7.15. The molecule has 2 amide bonds. The number of hydrogen-bond donors (Lipinski definition) is 2. The number of primary amides is 1. The smallest absolute Gasteiger partial charge is 0.332 e. The molecule has 80 valence electrons. The van der Waals surface area contributed by atoms with E-state index in [9.17, 15) is 4.79 Å². The number of halogens is 1. The maximum atomic E-state index is 10.5. The van der Waals surface area contributed by atoms with Gasteiger partial charge >= 0.3 is 6.03 Å². The van der Waals surface area contributed by atoms with Crippen LogP contribution in [-0.2, 0) is 0 Å². The zero-order chi connectivity index (χ0) is 11.3. The Morgan fingerprint density at radius 3 is 2.73 bits per heavy atom. The Balaban J connectivity index is 2.97. The zero-order valence-electron chi connectivity index (χ0n) is 8.33. The predicted molar refractivity (Wildman–Crippen MR) is 61.0 cm³/mol. The molecule has 5 heteroatoms. The summed E-state index contributed by atoms with van der Waals surface area (Å²) in [5.41, 5.74) is 8.61. The van der Waals surface area contributed by atoms with E-state index in [1.807, 2.05) is 25.1 Å². The normalized spacial score (nSPS) is 11.2. The maximum absolute atomic E-state index is 10.5. The van der Waals surface area contributed by atoms with Crippen LogP contribution in [0.25, 0.3) is 0 Å². The Hall–Kier alpha value is -1.55. The van der Waals surface area contributed by atoms with Gasteiger partial charge in [-0.2, -0.15) is 5.10 Å². The molecule has 1 rings (SSSR count). The first-order valence-corrected chi connectivity index (χ1v) is 4.89. The number of hydrazone groups is 1. The minimum atomic E-state index is -0.687. The van der Waals surface area contributed by atoms with Crippen molar-refractivity contribution in [2.45, 2.75) is 13.3 Å². The number of rotatable bonds is 3. The van der Waals surface area contributed by atoms with Crippen LogP contribution in [0.15, 0.2) is 29.4 Å². The Kier molecular flexibility index (Phi) is 4.12. The molecule has 15 heavy (non-hydrogen) atoms. The van der Waals surface area contributed by atoms with Gasteiger partial charge < -0.3 is 5.73 Å². The van der Waals surface area contributed by atoms with Crippen LogP contribution in [-0.4, -0.2) is 11.7 Å². The first kappa shape index (κ1) is 11.5. The molecule has 0 bridgehead atoms. The van der Waals surface area contributed by atoms with Crippen LogP contribution in [0.4, 0.5) is 4.79 Å². The summed E-state index contributed by atoms with van der Waals surface area (Å²) in [6.45, 7) is 1.92. The summed E-state index contributed by atoms with van der Waals surface area (Å²) in [4.78, 5) is 10.5. The Bertz CT molecular complexity index is 390. The molecule has 0 heterocycles. The van der Waals surface area contributed by atoms with Gasteiger partial charge in [0.2, 0.25) is 0 Å². The number of nitrogens with two attached hydrogens (primary N) is 1. The molecular formula is C10H12ClN3O. The third-order valence-electron chi connectivity index (χ3n) is 1.82. The van der Waals surface area contributed by atoms with Gasteiger partial charge in [0, 0.05) is 10.6 Å². The van der Waals surface area contributed by atoms with Crippen molar-refractivity contribution in [1.29, 1.82) is 0 Å². The molecule has 0 aliphatic heterocycles. The fourth-order valence-electron chi connectivity index (χ4n) is 1.15. The van der Waals surface area contributed by atoms with Crippen molar-refractivity contribution < 1.29 is 4.79 Å². The van der Waals surface area contributed by atoms with Gasteiger partial charge in [-0.3, -0.25) is 0 Å². The van der Waals surface area contributed by atoms with E-state index in [4.69, 9.17) is 17.3 Å². The summed E-state index contributed by atoms with van der Waals surface area (Å²) in [5.74, 6) is 0. The fraction of sp³-hybridized carbons (Fsp3) is 0.200. The van der Waals surface area contributed by atoms with Gasteiger partial charge in [-0.25, -0.2) is 10.2 Å². The summed E-state index contributed by atoms with van der Waals surface area (Å²) < 4.78 is 0. The van der Waals surface area contributed by atoms with E-state index in [2.05, 4.69) is 10.5 Å². The number of hydrogen-bond acceptors (Lipinski definition) is 2. The van der Waals surface area contributed by atoms with Crippen LogP contribution in [0.2, 0.25) is 5.02 Å². The highest BCUT2D eigenvalue weighted by molar-refractivity contribution is 6.34. The van der Waals surface area contributed by atoms with E-state index >= 15 is 0 Å². The predicted octanol–water partition coefficient (Wildman–Crippen LogP) is 2.12. The topological polar surface area (TPSA) is 67.5 Å². The van der Waals surface area contributed by atoms with E-state index in [1.54, 1.807) is 6.07 Å². The van der Waals surface area contributed by atoms with Crippen LogP contribution in [0, 0.1) is 0 Å². The second kappa shape index (κ2) is 5.36. The van der Waals surface area contributed by atoms with E-state index in [-0.39, 0.29) is 0 Å². The highest BCUT2D eigenvalue weighted by Crippen LogP contribution is 2.16. The molecule has 3 N–H and O–H groups in total. The number of carbonyl (C=O) groups excluding carboxylic acids is 1. The molecule has 0 saturated heterocycles. The van der Waals surface area contributed by atoms with Crippen molar-refractivity contribution in [2.24, 2.45) is 10.8 Å². The van der Waals surface area contributed by atoms with Crippen LogP contribution >= 0.6 is 11.6 Å².